The van der Waals surface area contributed by atoms with Crippen molar-refractivity contribution in [1.29, 1.82) is 0 Å². The molecule has 0 amide bonds. The van der Waals surface area contributed by atoms with E-state index in [0.717, 1.165) is 0 Å². The minimum Gasteiger partial charge on any atom is -0.409 e. The maximum absolute atomic E-state index is 12.9. The third-order valence-corrected chi connectivity index (χ3v) is 2.05. The Kier molecular flexibility index (Phi) is 2.19. The van der Waals surface area contributed by atoms with Crippen molar-refractivity contribution in [2.24, 2.45) is 0 Å². The molecule has 1 aliphatic rings. The summed E-state index contributed by atoms with van der Waals surface area (Å²) in [6.45, 7) is 1.20. The number of Topliss-reactive ketones (excluding diaryl/α,β-unsaturated/α-hetero) is 1. The third kappa shape index (κ3) is 1.83. The molecule has 1 heterocycles. The Morgan fingerprint density at radius 3 is 2.73 bits per heavy atom. The van der Waals surface area contributed by atoms with Crippen LogP contribution in [0.15, 0.2) is 24.3 Å². The van der Waals surface area contributed by atoms with E-state index in [-0.39, 0.29) is 5.75 Å². The Morgan fingerprint density at radius 2 is 2.07 bits per heavy atom. The lowest BCUT2D eigenvalue weighted by Crippen LogP contribution is -2.37. The standard InChI is InChI=1S/C10H8F2O3/c1-6(13)9-7-4-2-3-5-8(7)14-10(11,12)15-9/h2-5,9H,1H3. The van der Waals surface area contributed by atoms with Crippen molar-refractivity contribution in [3.63, 3.8) is 0 Å². The molecule has 1 aromatic rings. The van der Waals surface area contributed by atoms with E-state index in [0.29, 0.717) is 5.56 Å². The molecule has 15 heavy (non-hydrogen) atoms. The Balaban J connectivity index is 2.47. The molecule has 2 rings (SSSR count). The molecule has 1 unspecified atom stereocenters. The zero-order valence-electron chi connectivity index (χ0n) is 7.87. The molecular weight excluding hydrogens is 206 g/mol. The Bertz CT molecular complexity index is 403. The van der Waals surface area contributed by atoms with Gasteiger partial charge >= 0.3 is 6.29 Å². The minimum absolute atomic E-state index is 0.0195. The lowest BCUT2D eigenvalue weighted by molar-refractivity contribution is -0.375. The normalized spacial score (nSPS) is 22.7. The molecule has 1 aliphatic heterocycles. The first-order chi connectivity index (χ1) is 6.99. The largest absolute Gasteiger partial charge is 0.536 e. The SMILES string of the molecule is CC(=O)C1OC(F)(F)Oc2ccccc21. The van der Waals surface area contributed by atoms with Gasteiger partial charge in [-0.25, -0.2) is 0 Å². The van der Waals surface area contributed by atoms with Crippen LogP contribution >= 0.6 is 0 Å². The quantitative estimate of drug-likeness (QED) is 0.719. The van der Waals surface area contributed by atoms with Crippen molar-refractivity contribution in [2.75, 3.05) is 0 Å². The number of ketones is 1. The van der Waals surface area contributed by atoms with E-state index in [1.54, 1.807) is 12.1 Å². The molecule has 3 nitrogen and oxygen atoms in total. The topological polar surface area (TPSA) is 35.5 Å². The summed E-state index contributed by atoms with van der Waals surface area (Å²) in [5.74, 6) is -0.501. The van der Waals surface area contributed by atoms with Crippen LogP contribution in [0.3, 0.4) is 0 Å². The third-order valence-electron chi connectivity index (χ3n) is 2.05. The first-order valence-corrected chi connectivity index (χ1v) is 4.33. The van der Waals surface area contributed by atoms with Gasteiger partial charge in [-0.2, -0.15) is 0 Å². The first kappa shape index (κ1) is 10.0. The van der Waals surface area contributed by atoms with Crippen molar-refractivity contribution in [3.05, 3.63) is 29.8 Å². The maximum atomic E-state index is 12.9. The minimum atomic E-state index is -3.75. The fourth-order valence-corrected chi connectivity index (χ4v) is 1.44. The van der Waals surface area contributed by atoms with Crippen LogP contribution in [-0.2, 0) is 9.53 Å². The lowest BCUT2D eigenvalue weighted by atomic mass is 10.0. The first-order valence-electron chi connectivity index (χ1n) is 4.33. The monoisotopic (exact) mass is 214 g/mol. The molecule has 0 aromatic heterocycles. The number of benzene rings is 1. The molecule has 0 fully saturated rings. The molecule has 0 N–H and O–H groups in total. The Labute approximate surface area is 84.6 Å². The molecule has 0 saturated heterocycles. The van der Waals surface area contributed by atoms with Crippen LogP contribution in [0.2, 0.25) is 0 Å². The van der Waals surface area contributed by atoms with Crippen LogP contribution in [-0.4, -0.2) is 12.1 Å². The number of fused-ring (bicyclic) bond motifs is 1. The molecule has 80 valence electrons. The molecule has 1 atom stereocenters. The number of rotatable bonds is 1. The second-order valence-corrected chi connectivity index (χ2v) is 3.21. The Hall–Kier alpha value is -1.49. The fraction of sp³-hybridized carbons (Fsp3) is 0.300. The van der Waals surface area contributed by atoms with Crippen LogP contribution in [0.25, 0.3) is 0 Å². The summed E-state index contributed by atoms with van der Waals surface area (Å²) in [6, 6.07) is 6.08. The van der Waals surface area contributed by atoms with Crippen LogP contribution in [0, 0.1) is 0 Å². The highest BCUT2D eigenvalue weighted by Gasteiger charge is 2.45. The van der Waals surface area contributed by atoms with Gasteiger partial charge in [0.2, 0.25) is 0 Å². The van der Waals surface area contributed by atoms with Gasteiger partial charge in [-0.1, -0.05) is 18.2 Å². The smallest absolute Gasteiger partial charge is 0.409 e. The summed E-state index contributed by atoms with van der Waals surface area (Å²) in [4.78, 5) is 11.1. The Morgan fingerprint density at radius 1 is 1.40 bits per heavy atom. The molecule has 0 saturated carbocycles. The zero-order valence-corrected chi connectivity index (χ0v) is 7.87. The summed E-state index contributed by atoms with van der Waals surface area (Å²) in [6.07, 6.45) is -5.00. The molecule has 0 aliphatic carbocycles. The van der Waals surface area contributed by atoms with E-state index in [1.165, 1.54) is 19.1 Å². The second-order valence-electron chi connectivity index (χ2n) is 3.21. The highest BCUT2D eigenvalue weighted by molar-refractivity contribution is 5.83. The predicted molar refractivity (Wildman–Crippen MR) is 46.5 cm³/mol. The number of carbonyl (C=O) groups excluding carboxylic acids is 1. The van der Waals surface area contributed by atoms with Crippen LogP contribution in [0.5, 0.6) is 5.75 Å². The van der Waals surface area contributed by atoms with Gasteiger partial charge in [0.15, 0.2) is 11.9 Å². The van der Waals surface area contributed by atoms with E-state index in [2.05, 4.69) is 9.47 Å². The molecule has 0 radical (unpaired) electrons. The van der Waals surface area contributed by atoms with Crippen molar-refractivity contribution >= 4 is 5.78 Å². The van der Waals surface area contributed by atoms with Crippen molar-refractivity contribution in [2.45, 2.75) is 19.3 Å². The molecule has 5 heteroatoms. The van der Waals surface area contributed by atoms with Gasteiger partial charge in [0, 0.05) is 5.56 Å². The summed E-state index contributed by atoms with van der Waals surface area (Å²) in [7, 11) is 0. The van der Waals surface area contributed by atoms with E-state index in [4.69, 9.17) is 0 Å². The highest BCUT2D eigenvalue weighted by Crippen LogP contribution is 2.40. The average molecular weight is 214 g/mol. The fourth-order valence-electron chi connectivity index (χ4n) is 1.44. The van der Waals surface area contributed by atoms with E-state index >= 15 is 0 Å². The van der Waals surface area contributed by atoms with Gasteiger partial charge in [0.1, 0.15) is 5.75 Å². The number of para-hydroxylation sites is 1. The summed E-state index contributed by atoms with van der Waals surface area (Å²) < 4.78 is 34.3. The van der Waals surface area contributed by atoms with E-state index in [9.17, 15) is 13.6 Å². The maximum Gasteiger partial charge on any atom is 0.536 e. The van der Waals surface area contributed by atoms with E-state index in [1.807, 2.05) is 0 Å². The number of hydrogen-bond acceptors (Lipinski definition) is 3. The van der Waals surface area contributed by atoms with Crippen molar-refractivity contribution in [1.82, 2.24) is 0 Å². The average Bonchev–Trinajstić information content (AvgIpc) is 2.14. The number of carbonyl (C=O) groups is 1. The number of ether oxygens (including phenoxy) is 2. The molecular formula is C10H8F2O3. The van der Waals surface area contributed by atoms with Crippen LogP contribution in [0.1, 0.15) is 18.6 Å². The van der Waals surface area contributed by atoms with Crippen molar-refractivity contribution in [3.8, 4) is 5.75 Å². The van der Waals surface area contributed by atoms with Gasteiger partial charge in [-0.05, 0) is 13.0 Å². The predicted octanol–water partition coefficient (Wildman–Crippen LogP) is 2.28. The van der Waals surface area contributed by atoms with Gasteiger partial charge in [-0.15, -0.1) is 8.78 Å². The number of hydrogen-bond donors (Lipinski definition) is 0. The summed E-state index contributed by atoms with van der Waals surface area (Å²) in [5.41, 5.74) is 0.330. The van der Waals surface area contributed by atoms with Gasteiger partial charge in [0.05, 0.1) is 0 Å². The summed E-state index contributed by atoms with van der Waals surface area (Å²) in [5, 5.41) is 0. The van der Waals surface area contributed by atoms with Crippen LogP contribution < -0.4 is 4.74 Å². The highest BCUT2D eigenvalue weighted by atomic mass is 19.3. The zero-order chi connectivity index (χ0) is 11.1. The van der Waals surface area contributed by atoms with Crippen LogP contribution in [0.4, 0.5) is 8.78 Å². The molecule has 0 bridgehead atoms. The molecule has 0 spiro atoms. The van der Waals surface area contributed by atoms with Gasteiger partial charge in [0.25, 0.3) is 0 Å². The number of alkyl halides is 2. The van der Waals surface area contributed by atoms with Gasteiger partial charge in [-0.3, -0.25) is 9.53 Å². The molecule has 1 aromatic carbocycles. The van der Waals surface area contributed by atoms with E-state index < -0.39 is 18.2 Å². The number of halogens is 2. The lowest BCUT2D eigenvalue weighted by Gasteiger charge is -2.29. The second kappa shape index (κ2) is 3.27. The summed E-state index contributed by atoms with van der Waals surface area (Å²) >= 11 is 0. The van der Waals surface area contributed by atoms with Crippen molar-refractivity contribution < 1.29 is 23.0 Å². The van der Waals surface area contributed by atoms with Gasteiger partial charge < -0.3 is 4.74 Å².